The van der Waals surface area contributed by atoms with Crippen molar-refractivity contribution in [1.29, 1.82) is 0 Å². The summed E-state index contributed by atoms with van der Waals surface area (Å²) in [6.45, 7) is 6.78. The maximum absolute atomic E-state index is 12.2. The standard InChI is InChI=1S/C16H26N4O4/c1-4-10(5-2)14(17)12-7-13(15(21)23-6-3)20(19-12)8-11-9-24-16(22)18-11/h7,10-11,14H,4-6,8-9,17H2,1-3H3,(H,18,22). The first-order valence-corrected chi connectivity index (χ1v) is 8.43. The van der Waals surface area contributed by atoms with Gasteiger partial charge >= 0.3 is 12.1 Å². The van der Waals surface area contributed by atoms with E-state index < -0.39 is 12.1 Å². The summed E-state index contributed by atoms with van der Waals surface area (Å²) in [6.07, 6.45) is 1.41. The molecule has 0 saturated carbocycles. The van der Waals surface area contributed by atoms with E-state index in [1.54, 1.807) is 17.7 Å². The Kier molecular flexibility index (Phi) is 6.19. The number of ether oxygens (including phenoxy) is 2. The Morgan fingerprint density at radius 2 is 2.21 bits per heavy atom. The number of carbonyl (C=O) groups is 2. The number of carbonyl (C=O) groups excluding carboxylic acids is 2. The SMILES string of the molecule is CCOC(=O)c1cc(C(N)C(CC)CC)nn1CC1COC(=O)N1. The van der Waals surface area contributed by atoms with Crippen LogP contribution in [0.5, 0.6) is 0 Å². The summed E-state index contributed by atoms with van der Waals surface area (Å²) in [4.78, 5) is 23.4. The molecule has 2 rings (SSSR count). The lowest BCUT2D eigenvalue weighted by atomic mass is 9.92. The van der Waals surface area contributed by atoms with Crippen molar-refractivity contribution in [2.75, 3.05) is 13.2 Å². The molecule has 0 aliphatic carbocycles. The summed E-state index contributed by atoms with van der Waals surface area (Å²) in [7, 11) is 0. The van der Waals surface area contributed by atoms with E-state index in [1.807, 2.05) is 0 Å². The number of cyclic esters (lactones) is 1. The van der Waals surface area contributed by atoms with Crippen LogP contribution in [0.3, 0.4) is 0 Å². The Hall–Kier alpha value is -2.09. The fraction of sp³-hybridized carbons (Fsp3) is 0.688. The van der Waals surface area contributed by atoms with Crippen LogP contribution in [0, 0.1) is 5.92 Å². The first-order valence-electron chi connectivity index (χ1n) is 8.43. The van der Waals surface area contributed by atoms with Gasteiger partial charge in [0.25, 0.3) is 0 Å². The maximum Gasteiger partial charge on any atom is 0.407 e. The van der Waals surface area contributed by atoms with Gasteiger partial charge in [0.15, 0.2) is 0 Å². The molecule has 1 aliphatic heterocycles. The van der Waals surface area contributed by atoms with Crippen molar-refractivity contribution >= 4 is 12.1 Å². The number of esters is 1. The molecule has 0 aromatic carbocycles. The highest BCUT2D eigenvalue weighted by atomic mass is 16.6. The van der Waals surface area contributed by atoms with Crippen molar-refractivity contribution in [2.24, 2.45) is 11.7 Å². The number of rotatable bonds is 8. The zero-order valence-electron chi connectivity index (χ0n) is 14.4. The second kappa shape index (κ2) is 8.14. The van der Waals surface area contributed by atoms with Crippen LogP contribution >= 0.6 is 0 Å². The van der Waals surface area contributed by atoms with Crippen molar-refractivity contribution in [2.45, 2.75) is 52.2 Å². The van der Waals surface area contributed by atoms with E-state index in [4.69, 9.17) is 15.2 Å². The lowest BCUT2D eigenvalue weighted by Crippen LogP contribution is -2.32. The van der Waals surface area contributed by atoms with Gasteiger partial charge in [0.2, 0.25) is 0 Å². The molecule has 1 aromatic rings. The van der Waals surface area contributed by atoms with Crippen LogP contribution in [0.25, 0.3) is 0 Å². The molecule has 2 unspecified atom stereocenters. The van der Waals surface area contributed by atoms with E-state index in [0.29, 0.717) is 17.9 Å². The summed E-state index contributed by atoms with van der Waals surface area (Å²) >= 11 is 0. The molecule has 8 heteroatoms. The second-order valence-electron chi connectivity index (χ2n) is 5.90. The van der Waals surface area contributed by atoms with Gasteiger partial charge in [0.05, 0.1) is 30.9 Å². The van der Waals surface area contributed by atoms with Crippen LogP contribution < -0.4 is 11.1 Å². The number of aromatic nitrogens is 2. The molecule has 1 aromatic heterocycles. The summed E-state index contributed by atoms with van der Waals surface area (Å²) in [5, 5.41) is 7.18. The molecule has 2 heterocycles. The highest BCUT2D eigenvalue weighted by Gasteiger charge is 2.28. The molecule has 0 radical (unpaired) electrons. The summed E-state index contributed by atoms with van der Waals surface area (Å²) in [5.74, 6) is -0.156. The Morgan fingerprint density at radius 3 is 2.75 bits per heavy atom. The van der Waals surface area contributed by atoms with Crippen molar-refractivity contribution in [3.05, 3.63) is 17.5 Å². The molecule has 3 N–H and O–H groups in total. The maximum atomic E-state index is 12.2. The van der Waals surface area contributed by atoms with Crippen LogP contribution in [-0.4, -0.2) is 41.1 Å². The van der Waals surface area contributed by atoms with Gasteiger partial charge in [0.1, 0.15) is 12.3 Å². The van der Waals surface area contributed by atoms with Gasteiger partial charge in [-0.3, -0.25) is 4.68 Å². The topological polar surface area (TPSA) is 108 Å². The lowest BCUT2D eigenvalue weighted by Gasteiger charge is -2.19. The molecule has 1 amide bonds. The normalized spacial score (nSPS) is 18.4. The second-order valence-corrected chi connectivity index (χ2v) is 5.90. The number of alkyl carbamates (subject to hydrolysis) is 1. The molecule has 0 bridgehead atoms. The molecule has 1 aliphatic rings. The van der Waals surface area contributed by atoms with Gasteiger partial charge in [0, 0.05) is 0 Å². The largest absolute Gasteiger partial charge is 0.461 e. The number of nitrogens with zero attached hydrogens (tertiary/aromatic N) is 2. The van der Waals surface area contributed by atoms with Crippen molar-refractivity contribution in [3.8, 4) is 0 Å². The molecule has 1 fully saturated rings. The van der Waals surface area contributed by atoms with E-state index in [-0.39, 0.29) is 31.2 Å². The Morgan fingerprint density at radius 1 is 1.50 bits per heavy atom. The highest BCUT2D eigenvalue weighted by molar-refractivity contribution is 5.87. The van der Waals surface area contributed by atoms with Crippen LogP contribution in [0.2, 0.25) is 0 Å². The van der Waals surface area contributed by atoms with Crippen molar-refractivity contribution in [1.82, 2.24) is 15.1 Å². The van der Waals surface area contributed by atoms with Crippen LogP contribution in [0.15, 0.2) is 6.07 Å². The van der Waals surface area contributed by atoms with Gasteiger partial charge in [-0.05, 0) is 18.9 Å². The van der Waals surface area contributed by atoms with Gasteiger partial charge in [-0.2, -0.15) is 5.10 Å². The average Bonchev–Trinajstić information content (AvgIpc) is 3.15. The van der Waals surface area contributed by atoms with E-state index in [9.17, 15) is 9.59 Å². The van der Waals surface area contributed by atoms with Crippen LogP contribution in [-0.2, 0) is 16.0 Å². The third-order valence-electron chi connectivity index (χ3n) is 4.31. The Balaban J connectivity index is 2.25. The molecule has 2 atom stereocenters. The van der Waals surface area contributed by atoms with E-state index in [2.05, 4.69) is 24.3 Å². The van der Waals surface area contributed by atoms with Crippen LogP contribution in [0.4, 0.5) is 4.79 Å². The average molecular weight is 338 g/mol. The summed E-state index contributed by atoms with van der Waals surface area (Å²) < 4.78 is 11.5. The van der Waals surface area contributed by atoms with E-state index in [0.717, 1.165) is 12.8 Å². The zero-order chi connectivity index (χ0) is 17.7. The van der Waals surface area contributed by atoms with Gasteiger partial charge in [-0.15, -0.1) is 0 Å². The molecular formula is C16H26N4O4. The Bertz CT molecular complexity index is 583. The number of nitrogens with two attached hydrogens (primary N) is 1. The third kappa shape index (κ3) is 4.05. The molecule has 1 saturated heterocycles. The minimum absolute atomic E-state index is 0.234. The molecule has 24 heavy (non-hydrogen) atoms. The van der Waals surface area contributed by atoms with Gasteiger partial charge in [-0.1, -0.05) is 26.7 Å². The van der Waals surface area contributed by atoms with Gasteiger partial charge in [-0.25, -0.2) is 9.59 Å². The number of amides is 1. The van der Waals surface area contributed by atoms with Gasteiger partial charge < -0.3 is 20.5 Å². The number of hydrogen-bond donors (Lipinski definition) is 2. The van der Waals surface area contributed by atoms with Crippen molar-refractivity contribution < 1.29 is 19.1 Å². The molecule has 8 nitrogen and oxygen atoms in total. The van der Waals surface area contributed by atoms with E-state index >= 15 is 0 Å². The smallest absolute Gasteiger partial charge is 0.407 e. The molecule has 134 valence electrons. The quantitative estimate of drug-likeness (QED) is 0.697. The minimum atomic E-state index is -0.459. The van der Waals surface area contributed by atoms with Crippen molar-refractivity contribution in [3.63, 3.8) is 0 Å². The Labute approximate surface area is 141 Å². The highest BCUT2D eigenvalue weighted by Crippen LogP contribution is 2.25. The summed E-state index contributed by atoms with van der Waals surface area (Å²) in [6, 6.07) is 1.21. The first kappa shape index (κ1) is 18.3. The summed E-state index contributed by atoms with van der Waals surface area (Å²) in [5.41, 5.74) is 7.33. The number of nitrogens with one attached hydrogen (secondary N) is 1. The molecule has 0 spiro atoms. The fourth-order valence-corrected chi connectivity index (χ4v) is 2.88. The minimum Gasteiger partial charge on any atom is -0.461 e. The predicted octanol–water partition coefficient (Wildman–Crippen LogP) is 1.60. The fourth-order valence-electron chi connectivity index (χ4n) is 2.88. The molecular weight excluding hydrogens is 312 g/mol. The monoisotopic (exact) mass is 338 g/mol. The third-order valence-corrected chi connectivity index (χ3v) is 4.31. The van der Waals surface area contributed by atoms with Crippen LogP contribution in [0.1, 0.15) is 55.8 Å². The first-order chi connectivity index (χ1) is 11.5. The lowest BCUT2D eigenvalue weighted by molar-refractivity contribution is 0.0511. The zero-order valence-corrected chi connectivity index (χ0v) is 14.4. The number of hydrogen-bond acceptors (Lipinski definition) is 6. The predicted molar refractivity (Wildman–Crippen MR) is 87.5 cm³/mol. The van der Waals surface area contributed by atoms with E-state index in [1.165, 1.54) is 0 Å².